The lowest BCUT2D eigenvalue weighted by Gasteiger charge is -2.24. The SMILES string of the molecule is CCCCCCCN(C(=O)Cn1c(CC)nc(-c2ccccc2)cc1=O)c1ccc(SC(CC)C(=O)OCC)cc1. The number of carbonyl (C=O) groups excluding carboxylic acids is 2. The normalized spacial score (nSPS) is 11.7. The minimum atomic E-state index is -0.275. The van der Waals surface area contributed by atoms with E-state index in [-0.39, 0.29) is 29.2 Å². The van der Waals surface area contributed by atoms with Crippen molar-refractivity contribution < 1.29 is 14.3 Å². The molecular weight excluding hydrogens is 534 g/mol. The van der Waals surface area contributed by atoms with Gasteiger partial charge in [0.1, 0.15) is 17.6 Å². The van der Waals surface area contributed by atoms with Crippen LogP contribution in [0.2, 0.25) is 0 Å². The molecule has 1 atom stereocenters. The van der Waals surface area contributed by atoms with Gasteiger partial charge in [0.15, 0.2) is 0 Å². The number of nitrogens with zero attached hydrogens (tertiary/aromatic N) is 3. The maximum absolute atomic E-state index is 13.8. The maximum atomic E-state index is 13.8. The zero-order valence-corrected chi connectivity index (χ0v) is 25.6. The molecule has 220 valence electrons. The van der Waals surface area contributed by atoms with Gasteiger partial charge in [-0.15, -0.1) is 11.8 Å². The Hall–Kier alpha value is -3.39. The number of anilines is 1. The summed E-state index contributed by atoms with van der Waals surface area (Å²) < 4.78 is 6.70. The predicted molar refractivity (Wildman–Crippen MR) is 167 cm³/mol. The predicted octanol–water partition coefficient (Wildman–Crippen LogP) is 6.91. The number of rotatable bonds is 16. The molecule has 0 radical (unpaired) electrons. The molecule has 1 aromatic heterocycles. The van der Waals surface area contributed by atoms with Crippen LogP contribution in [0.4, 0.5) is 5.69 Å². The Balaban J connectivity index is 1.83. The van der Waals surface area contributed by atoms with Crippen molar-refractivity contribution in [3.8, 4) is 11.3 Å². The first-order chi connectivity index (χ1) is 19.9. The van der Waals surface area contributed by atoms with E-state index in [1.54, 1.807) is 4.90 Å². The lowest BCUT2D eigenvalue weighted by atomic mass is 10.1. The summed E-state index contributed by atoms with van der Waals surface area (Å²) in [6, 6.07) is 18.8. The van der Waals surface area contributed by atoms with Gasteiger partial charge in [-0.1, -0.05) is 76.8 Å². The third-order valence-electron chi connectivity index (χ3n) is 6.90. The molecule has 0 aliphatic heterocycles. The molecule has 3 aromatic rings. The van der Waals surface area contributed by atoms with Gasteiger partial charge < -0.3 is 9.64 Å². The van der Waals surface area contributed by atoms with E-state index in [0.29, 0.717) is 37.5 Å². The van der Waals surface area contributed by atoms with Crippen molar-refractivity contribution in [3.05, 3.63) is 76.8 Å². The monoisotopic (exact) mass is 577 g/mol. The Morgan fingerprint density at radius 2 is 1.66 bits per heavy atom. The standard InChI is InChI=1S/C33H43N3O4S/c1-5-9-10-11-15-22-35(26-18-20-27(21-19-26)41-29(6-2)33(39)40-8-4)32(38)24-36-30(7-3)34-28(23-31(36)37)25-16-13-12-14-17-25/h12-14,16-21,23,29H,5-11,15,22,24H2,1-4H3. The number of carbonyl (C=O) groups is 2. The molecule has 0 saturated heterocycles. The Bertz CT molecular complexity index is 1310. The van der Waals surface area contributed by atoms with Gasteiger partial charge in [0.2, 0.25) is 5.91 Å². The second-order valence-electron chi connectivity index (χ2n) is 9.92. The summed E-state index contributed by atoms with van der Waals surface area (Å²) in [5, 5.41) is -0.275. The summed E-state index contributed by atoms with van der Waals surface area (Å²) in [4.78, 5) is 46.7. The van der Waals surface area contributed by atoms with Crippen LogP contribution in [0.25, 0.3) is 11.3 Å². The highest BCUT2D eigenvalue weighted by Crippen LogP contribution is 2.29. The number of aryl methyl sites for hydroxylation is 1. The largest absolute Gasteiger partial charge is 0.465 e. The molecule has 1 unspecified atom stereocenters. The number of aromatic nitrogens is 2. The molecule has 0 saturated carbocycles. The summed E-state index contributed by atoms with van der Waals surface area (Å²) in [5.74, 6) is 0.228. The van der Waals surface area contributed by atoms with Crippen LogP contribution in [0.1, 0.15) is 72.0 Å². The molecule has 7 nitrogen and oxygen atoms in total. The fraction of sp³-hybridized carbons (Fsp3) is 0.455. The molecule has 1 heterocycles. The van der Waals surface area contributed by atoms with Gasteiger partial charge in [0, 0.05) is 35.2 Å². The molecule has 0 spiro atoms. The summed E-state index contributed by atoms with van der Waals surface area (Å²) in [6.45, 7) is 8.76. The van der Waals surface area contributed by atoms with Gasteiger partial charge >= 0.3 is 5.97 Å². The van der Waals surface area contributed by atoms with Gasteiger partial charge in [0.05, 0.1) is 12.3 Å². The first-order valence-electron chi connectivity index (χ1n) is 14.8. The molecule has 41 heavy (non-hydrogen) atoms. The fourth-order valence-corrected chi connectivity index (χ4v) is 5.60. The summed E-state index contributed by atoms with van der Waals surface area (Å²) in [5.41, 5.74) is 2.03. The van der Waals surface area contributed by atoms with Crippen LogP contribution in [0.5, 0.6) is 0 Å². The number of esters is 1. The summed E-state index contributed by atoms with van der Waals surface area (Å²) in [7, 11) is 0. The van der Waals surface area contributed by atoms with E-state index in [0.717, 1.165) is 41.8 Å². The van der Waals surface area contributed by atoms with Gasteiger partial charge in [-0.05, 0) is 44.0 Å². The van der Waals surface area contributed by atoms with E-state index < -0.39 is 0 Å². The second kappa shape index (κ2) is 16.8. The van der Waals surface area contributed by atoms with E-state index in [4.69, 9.17) is 9.72 Å². The van der Waals surface area contributed by atoms with Gasteiger partial charge in [0.25, 0.3) is 5.56 Å². The minimum absolute atomic E-state index is 0.0731. The van der Waals surface area contributed by atoms with Crippen LogP contribution in [0.3, 0.4) is 0 Å². The van der Waals surface area contributed by atoms with E-state index in [1.165, 1.54) is 28.8 Å². The first-order valence-corrected chi connectivity index (χ1v) is 15.7. The van der Waals surface area contributed by atoms with Crippen molar-refractivity contribution in [3.63, 3.8) is 0 Å². The lowest BCUT2D eigenvalue weighted by Crippen LogP contribution is -2.38. The molecule has 2 aromatic carbocycles. The van der Waals surface area contributed by atoms with Crippen LogP contribution in [-0.2, 0) is 27.3 Å². The van der Waals surface area contributed by atoms with E-state index in [2.05, 4.69) is 6.92 Å². The highest BCUT2D eigenvalue weighted by Gasteiger charge is 2.21. The van der Waals surface area contributed by atoms with Crippen LogP contribution < -0.4 is 10.5 Å². The Kier molecular flexibility index (Phi) is 13.1. The van der Waals surface area contributed by atoms with Crippen molar-refractivity contribution in [1.29, 1.82) is 0 Å². The second-order valence-corrected chi connectivity index (χ2v) is 11.2. The third-order valence-corrected chi connectivity index (χ3v) is 8.25. The van der Waals surface area contributed by atoms with Crippen molar-refractivity contribution in [2.45, 2.75) is 89.3 Å². The van der Waals surface area contributed by atoms with Crippen molar-refractivity contribution >= 4 is 29.3 Å². The average Bonchev–Trinajstić information content (AvgIpc) is 2.99. The number of benzene rings is 2. The number of ether oxygens (including phenoxy) is 1. The molecular formula is C33H43N3O4S. The number of thioether (sulfide) groups is 1. The molecule has 1 amide bonds. The van der Waals surface area contributed by atoms with Crippen LogP contribution in [0.15, 0.2) is 70.4 Å². The molecule has 3 rings (SSSR count). The van der Waals surface area contributed by atoms with E-state index in [1.807, 2.05) is 75.4 Å². The van der Waals surface area contributed by atoms with Crippen molar-refractivity contribution in [2.75, 3.05) is 18.1 Å². The maximum Gasteiger partial charge on any atom is 0.319 e. The topological polar surface area (TPSA) is 81.5 Å². The van der Waals surface area contributed by atoms with Crippen molar-refractivity contribution in [1.82, 2.24) is 9.55 Å². The average molecular weight is 578 g/mol. The number of unbranched alkanes of at least 4 members (excludes halogenated alkanes) is 4. The zero-order chi connectivity index (χ0) is 29.6. The smallest absolute Gasteiger partial charge is 0.319 e. The van der Waals surface area contributed by atoms with E-state index in [9.17, 15) is 14.4 Å². The highest BCUT2D eigenvalue weighted by molar-refractivity contribution is 8.00. The quantitative estimate of drug-likeness (QED) is 0.105. The van der Waals surface area contributed by atoms with Gasteiger partial charge in [-0.2, -0.15) is 0 Å². The van der Waals surface area contributed by atoms with Crippen LogP contribution in [0, 0.1) is 0 Å². The Morgan fingerprint density at radius 1 is 0.951 bits per heavy atom. The first kappa shape index (κ1) is 32.1. The van der Waals surface area contributed by atoms with Crippen molar-refractivity contribution in [2.24, 2.45) is 0 Å². The lowest BCUT2D eigenvalue weighted by molar-refractivity contribution is -0.142. The molecule has 0 bridgehead atoms. The van der Waals surface area contributed by atoms with Gasteiger partial charge in [-0.25, -0.2) is 4.98 Å². The summed E-state index contributed by atoms with van der Waals surface area (Å²) >= 11 is 1.47. The molecule has 0 aliphatic rings. The minimum Gasteiger partial charge on any atom is -0.465 e. The Morgan fingerprint density at radius 3 is 2.29 bits per heavy atom. The van der Waals surface area contributed by atoms with Crippen LogP contribution in [-0.4, -0.2) is 39.8 Å². The number of hydrogen-bond acceptors (Lipinski definition) is 6. The Labute approximate surface area is 248 Å². The van der Waals surface area contributed by atoms with E-state index >= 15 is 0 Å². The molecule has 0 N–H and O–H groups in total. The molecule has 0 aliphatic carbocycles. The number of amides is 1. The number of hydrogen-bond donors (Lipinski definition) is 0. The molecule has 8 heteroatoms. The zero-order valence-electron chi connectivity index (χ0n) is 24.8. The highest BCUT2D eigenvalue weighted by atomic mass is 32.2. The summed E-state index contributed by atoms with van der Waals surface area (Å²) in [6.07, 6.45) is 6.57. The molecule has 0 fully saturated rings. The fourth-order valence-electron chi connectivity index (χ4n) is 4.64. The van der Waals surface area contributed by atoms with Crippen LogP contribution >= 0.6 is 11.8 Å². The van der Waals surface area contributed by atoms with Gasteiger partial charge in [-0.3, -0.25) is 19.0 Å². The third kappa shape index (κ3) is 9.32.